The number of nitrogens with two attached hydrogens (primary N) is 1. The van der Waals surface area contributed by atoms with E-state index in [4.69, 9.17) is 10.5 Å². The topological polar surface area (TPSA) is 35.2 Å². The Morgan fingerprint density at radius 1 is 1.11 bits per heavy atom. The standard InChI is InChI=1S/C14H14BrNOS/c15-11-2-1-3-14(10-11)18-9-8-17-13-6-4-12(16)5-7-13/h1-7,10H,8-9,16H2. The molecule has 0 fully saturated rings. The third kappa shape index (κ3) is 4.27. The molecule has 0 heterocycles. The first-order chi connectivity index (χ1) is 8.74. The van der Waals surface area contributed by atoms with E-state index in [1.54, 1.807) is 11.8 Å². The number of hydrogen-bond donors (Lipinski definition) is 1. The Hall–Kier alpha value is -1.13. The van der Waals surface area contributed by atoms with Gasteiger partial charge in [0.2, 0.25) is 0 Å². The maximum absolute atomic E-state index is 5.62. The quantitative estimate of drug-likeness (QED) is 0.508. The first-order valence-corrected chi connectivity index (χ1v) is 7.38. The summed E-state index contributed by atoms with van der Waals surface area (Å²) in [4.78, 5) is 1.24. The lowest BCUT2D eigenvalue weighted by atomic mass is 10.3. The molecule has 0 amide bonds. The summed E-state index contributed by atoms with van der Waals surface area (Å²) in [7, 11) is 0. The van der Waals surface area contributed by atoms with E-state index in [0.29, 0.717) is 6.61 Å². The lowest BCUT2D eigenvalue weighted by Crippen LogP contribution is -2.00. The van der Waals surface area contributed by atoms with Gasteiger partial charge >= 0.3 is 0 Å². The lowest BCUT2D eigenvalue weighted by molar-refractivity contribution is 0.344. The van der Waals surface area contributed by atoms with Crippen LogP contribution in [0.3, 0.4) is 0 Å². The molecule has 2 rings (SSSR count). The van der Waals surface area contributed by atoms with Crippen LogP contribution in [0.4, 0.5) is 5.69 Å². The summed E-state index contributed by atoms with van der Waals surface area (Å²) >= 11 is 5.24. The monoisotopic (exact) mass is 323 g/mol. The van der Waals surface area contributed by atoms with Crippen molar-refractivity contribution in [1.82, 2.24) is 0 Å². The Bertz CT molecular complexity index is 501. The van der Waals surface area contributed by atoms with E-state index in [-0.39, 0.29) is 0 Å². The predicted molar refractivity (Wildman–Crippen MR) is 81.2 cm³/mol. The molecule has 0 aromatic heterocycles. The molecule has 2 nitrogen and oxygen atoms in total. The Morgan fingerprint density at radius 2 is 1.89 bits per heavy atom. The van der Waals surface area contributed by atoms with Gasteiger partial charge in [-0.15, -0.1) is 11.8 Å². The average molecular weight is 324 g/mol. The van der Waals surface area contributed by atoms with E-state index in [1.807, 2.05) is 36.4 Å². The summed E-state index contributed by atoms with van der Waals surface area (Å²) in [6.45, 7) is 0.682. The zero-order valence-electron chi connectivity index (χ0n) is 9.80. The molecule has 0 aliphatic rings. The zero-order valence-corrected chi connectivity index (χ0v) is 12.2. The third-order valence-corrected chi connectivity index (χ3v) is 3.75. The maximum Gasteiger partial charge on any atom is 0.119 e. The van der Waals surface area contributed by atoms with E-state index in [0.717, 1.165) is 21.7 Å². The number of anilines is 1. The minimum absolute atomic E-state index is 0.682. The number of halogens is 1. The largest absolute Gasteiger partial charge is 0.493 e. The van der Waals surface area contributed by atoms with E-state index in [1.165, 1.54) is 4.90 Å². The van der Waals surface area contributed by atoms with Crippen LogP contribution in [0.15, 0.2) is 57.9 Å². The molecule has 2 N–H and O–H groups in total. The van der Waals surface area contributed by atoms with Crippen molar-refractivity contribution < 1.29 is 4.74 Å². The molecule has 2 aromatic rings. The molecule has 0 bridgehead atoms. The summed E-state index contributed by atoms with van der Waals surface area (Å²) in [5, 5.41) is 0. The molecule has 2 aromatic carbocycles. The Balaban J connectivity index is 1.74. The second-order valence-electron chi connectivity index (χ2n) is 3.72. The second-order valence-corrected chi connectivity index (χ2v) is 5.81. The van der Waals surface area contributed by atoms with E-state index < -0.39 is 0 Å². The number of thioether (sulfide) groups is 1. The van der Waals surface area contributed by atoms with Gasteiger partial charge in [-0.05, 0) is 42.5 Å². The Labute approximate surface area is 120 Å². The summed E-state index contributed by atoms with van der Waals surface area (Å²) in [6, 6.07) is 15.7. The molecule has 4 heteroatoms. The van der Waals surface area contributed by atoms with E-state index in [2.05, 4.69) is 28.1 Å². The van der Waals surface area contributed by atoms with Crippen LogP contribution in [0.25, 0.3) is 0 Å². The fourth-order valence-electron chi connectivity index (χ4n) is 1.44. The average Bonchev–Trinajstić information content (AvgIpc) is 2.37. The highest BCUT2D eigenvalue weighted by molar-refractivity contribution is 9.10. The number of ether oxygens (including phenoxy) is 1. The minimum Gasteiger partial charge on any atom is -0.493 e. The van der Waals surface area contributed by atoms with Gasteiger partial charge in [0.15, 0.2) is 0 Å². The number of rotatable bonds is 5. The Morgan fingerprint density at radius 3 is 2.61 bits per heavy atom. The Kier molecular flexibility index (Phi) is 4.96. The van der Waals surface area contributed by atoms with Crippen molar-refractivity contribution >= 4 is 33.4 Å². The van der Waals surface area contributed by atoms with Crippen LogP contribution in [-0.2, 0) is 0 Å². The molecular formula is C14H14BrNOS. The molecule has 0 spiro atoms. The van der Waals surface area contributed by atoms with E-state index >= 15 is 0 Å². The smallest absolute Gasteiger partial charge is 0.119 e. The van der Waals surface area contributed by atoms with Crippen LogP contribution in [0.2, 0.25) is 0 Å². The molecule has 0 unspecified atom stereocenters. The highest BCUT2D eigenvalue weighted by Crippen LogP contribution is 2.22. The van der Waals surface area contributed by atoms with E-state index in [9.17, 15) is 0 Å². The molecule has 0 saturated heterocycles. The van der Waals surface area contributed by atoms with Gasteiger partial charge in [0, 0.05) is 20.8 Å². The molecule has 0 aliphatic heterocycles. The van der Waals surface area contributed by atoms with Gasteiger partial charge in [0.1, 0.15) is 5.75 Å². The molecular weight excluding hydrogens is 310 g/mol. The molecule has 0 saturated carbocycles. The zero-order chi connectivity index (χ0) is 12.8. The van der Waals surface area contributed by atoms with Crippen molar-refractivity contribution in [3.05, 3.63) is 53.0 Å². The summed E-state index contributed by atoms with van der Waals surface area (Å²) in [5.74, 6) is 1.78. The number of benzene rings is 2. The highest BCUT2D eigenvalue weighted by Gasteiger charge is 1.97. The van der Waals surface area contributed by atoms with Crippen molar-refractivity contribution in [3.63, 3.8) is 0 Å². The summed E-state index contributed by atoms with van der Waals surface area (Å²) in [6.07, 6.45) is 0. The van der Waals surface area contributed by atoms with Gasteiger partial charge in [0.05, 0.1) is 6.61 Å². The van der Waals surface area contributed by atoms with Crippen molar-refractivity contribution in [3.8, 4) is 5.75 Å². The van der Waals surface area contributed by atoms with Gasteiger partial charge in [-0.2, -0.15) is 0 Å². The molecule has 94 valence electrons. The van der Waals surface area contributed by atoms with Crippen LogP contribution in [0.5, 0.6) is 5.75 Å². The van der Waals surface area contributed by atoms with Crippen molar-refractivity contribution in [2.24, 2.45) is 0 Å². The van der Waals surface area contributed by atoms with Crippen molar-refractivity contribution in [2.45, 2.75) is 4.90 Å². The summed E-state index contributed by atoms with van der Waals surface area (Å²) < 4.78 is 6.73. The summed E-state index contributed by atoms with van der Waals surface area (Å²) in [5.41, 5.74) is 6.36. The second kappa shape index (κ2) is 6.71. The normalized spacial score (nSPS) is 10.3. The molecule has 0 atom stereocenters. The van der Waals surface area contributed by atoms with Gasteiger partial charge in [0.25, 0.3) is 0 Å². The van der Waals surface area contributed by atoms with Crippen molar-refractivity contribution in [1.29, 1.82) is 0 Å². The number of hydrogen-bond acceptors (Lipinski definition) is 3. The first-order valence-electron chi connectivity index (χ1n) is 5.61. The molecule has 0 radical (unpaired) electrons. The minimum atomic E-state index is 0.682. The lowest BCUT2D eigenvalue weighted by Gasteiger charge is -2.06. The number of nitrogen functional groups attached to an aromatic ring is 1. The fraction of sp³-hybridized carbons (Fsp3) is 0.143. The van der Waals surface area contributed by atoms with Crippen LogP contribution in [0.1, 0.15) is 0 Å². The van der Waals surface area contributed by atoms with Crippen LogP contribution in [0, 0.1) is 0 Å². The maximum atomic E-state index is 5.62. The first kappa shape index (κ1) is 13.3. The third-order valence-electron chi connectivity index (χ3n) is 2.30. The van der Waals surface area contributed by atoms with Crippen LogP contribution in [-0.4, -0.2) is 12.4 Å². The molecule has 0 aliphatic carbocycles. The molecule has 18 heavy (non-hydrogen) atoms. The van der Waals surface area contributed by atoms with Crippen molar-refractivity contribution in [2.75, 3.05) is 18.1 Å². The van der Waals surface area contributed by atoms with Gasteiger partial charge in [-0.1, -0.05) is 22.0 Å². The van der Waals surface area contributed by atoms with Gasteiger partial charge < -0.3 is 10.5 Å². The fourth-order valence-corrected chi connectivity index (χ4v) is 2.78. The SMILES string of the molecule is Nc1ccc(OCCSc2cccc(Br)c2)cc1. The van der Waals surface area contributed by atoms with Gasteiger partial charge in [-0.3, -0.25) is 0 Å². The van der Waals surface area contributed by atoms with Gasteiger partial charge in [-0.25, -0.2) is 0 Å². The van der Waals surface area contributed by atoms with Crippen LogP contribution >= 0.6 is 27.7 Å². The highest BCUT2D eigenvalue weighted by atomic mass is 79.9. The predicted octanol–water partition coefficient (Wildman–Crippen LogP) is 4.20. The van der Waals surface area contributed by atoms with Crippen LogP contribution < -0.4 is 10.5 Å².